The molecule has 0 radical (unpaired) electrons. The minimum absolute atomic E-state index is 0.334. The predicted molar refractivity (Wildman–Crippen MR) is 99.7 cm³/mol. The lowest BCUT2D eigenvalue weighted by molar-refractivity contribution is 0.628. The number of nitrogens with one attached hydrogen (secondary N) is 1. The number of halogens is 3. The first-order valence-corrected chi connectivity index (χ1v) is 8.49. The summed E-state index contributed by atoms with van der Waals surface area (Å²) >= 11 is 12.5. The molecule has 2 aromatic carbocycles. The quantitative estimate of drug-likeness (QED) is 0.534. The van der Waals surface area contributed by atoms with Crippen LogP contribution in [0.3, 0.4) is 0 Å². The van der Waals surface area contributed by atoms with E-state index in [1.807, 2.05) is 4.57 Å². The van der Waals surface area contributed by atoms with E-state index in [9.17, 15) is 4.39 Å². The molecule has 0 bridgehead atoms. The van der Waals surface area contributed by atoms with Gasteiger partial charge in [-0.3, -0.25) is 0 Å². The molecule has 8 heteroatoms. The van der Waals surface area contributed by atoms with Crippen molar-refractivity contribution in [2.24, 2.45) is 0 Å². The van der Waals surface area contributed by atoms with Crippen molar-refractivity contribution in [3.05, 3.63) is 76.5 Å². The fraction of sp³-hybridized carbons (Fsp3) is 0.0556. The summed E-state index contributed by atoms with van der Waals surface area (Å²) in [4.78, 5) is 13.0. The van der Waals surface area contributed by atoms with Crippen molar-refractivity contribution in [2.75, 3.05) is 5.32 Å². The molecule has 0 saturated heterocycles. The van der Waals surface area contributed by atoms with Gasteiger partial charge in [-0.15, -0.1) is 0 Å². The standard InChI is InChI=1S/C18H12Cl2FN5/c19-14-5-2-6-15(20)13(14)8-26-10-24-17(16-18(26)23-9-22-16)25-12-4-1-3-11(21)7-12/h1-7,9-10,25H,8H2. The monoisotopic (exact) mass is 387 g/mol. The average Bonchev–Trinajstić information content (AvgIpc) is 3.10. The van der Waals surface area contributed by atoms with E-state index in [0.717, 1.165) is 5.56 Å². The molecule has 0 spiro atoms. The Morgan fingerprint density at radius 2 is 1.77 bits per heavy atom. The van der Waals surface area contributed by atoms with Gasteiger partial charge in [-0.1, -0.05) is 35.3 Å². The van der Waals surface area contributed by atoms with Crippen LogP contribution < -0.4 is 5.32 Å². The van der Waals surface area contributed by atoms with E-state index >= 15 is 0 Å². The summed E-state index contributed by atoms with van der Waals surface area (Å²) in [5.41, 5.74) is 1.92. The fourth-order valence-corrected chi connectivity index (χ4v) is 3.16. The molecular formula is C18H12Cl2FN5. The van der Waals surface area contributed by atoms with Crippen LogP contribution >= 0.6 is 23.2 Å². The Hall–Kier alpha value is -2.70. The molecule has 2 aliphatic heterocycles. The van der Waals surface area contributed by atoms with Gasteiger partial charge in [0.1, 0.15) is 12.1 Å². The van der Waals surface area contributed by atoms with Gasteiger partial charge in [-0.2, -0.15) is 0 Å². The lowest BCUT2D eigenvalue weighted by atomic mass is 10.2. The normalized spacial score (nSPS) is 11.0. The van der Waals surface area contributed by atoms with Gasteiger partial charge < -0.3 is 9.88 Å². The highest BCUT2D eigenvalue weighted by molar-refractivity contribution is 6.35. The molecule has 0 aromatic heterocycles. The van der Waals surface area contributed by atoms with Gasteiger partial charge in [-0.25, -0.2) is 19.3 Å². The third-order valence-electron chi connectivity index (χ3n) is 3.88. The molecule has 4 rings (SSSR count). The highest BCUT2D eigenvalue weighted by atomic mass is 35.5. The molecule has 2 aliphatic rings. The van der Waals surface area contributed by atoms with E-state index < -0.39 is 0 Å². The third-order valence-corrected chi connectivity index (χ3v) is 4.59. The number of fused-ring (bicyclic) bond motifs is 1. The Balaban J connectivity index is 1.70. The van der Waals surface area contributed by atoms with E-state index in [1.54, 1.807) is 36.7 Å². The Bertz CT molecular complexity index is 1030. The van der Waals surface area contributed by atoms with Crippen molar-refractivity contribution in [1.29, 1.82) is 0 Å². The first-order chi connectivity index (χ1) is 12.6. The minimum Gasteiger partial charge on any atom is -0.338 e. The second kappa shape index (κ2) is 6.90. The smallest absolute Gasteiger partial charge is 0.165 e. The van der Waals surface area contributed by atoms with Gasteiger partial charge in [0.25, 0.3) is 0 Å². The summed E-state index contributed by atoms with van der Waals surface area (Å²) in [6, 6.07) is 11.5. The molecule has 0 unspecified atom stereocenters. The van der Waals surface area contributed by atoms with Crippen LogP contribution in [0.15, 0.2) is 55.1 Å². The van der Waals surface area contributed by atoms with Crippen LogP contribution in [0.25, 0.3) is 11.5 Å². The molecule has 2 aromatic rings. The van der Waals surface area contributed by atoms with Crippen LogP contribution in [0.5, 0.6) is 0 Å². The summed E-state index contributed by atoms with van der Waals surface area (Å²) < 4.78 is 15.2. The number of hydrogen-bond acceptors (Lipinski definition) is 4. The largest absolute Gasteiger partial charge is 0.338 e. The van der Waals surface area contributed by atoms with Crippen LogP contribution in [0.2, 0.25) is 10.0 Å². The number of anilines is 2. The zero-order chi connectivity index (χ0) is 18.1. The summed E-state index contributed by atoms with van der Waals surface area (Å²) in [5, 5.41) is 4.21. The average molecular weight is 388 g/mol. The highest BCUT2D eigenvalue weighted by Crippen LogP contribution is 2.30. The molecule has 5 nitrogen and oxygen atoms in total. The summed E-state index contributed by atoms with van der Waals surface area (Å²) in [6.45, 7) is 0.404. The molecule has 0 amide bonds. The number of imidazole rings is 1. The zero-order valence-corrected chi connectivity index (χ0v) is 14.8. The van der Waals surface area contributed by atoms with Crippen LogP contribution in [0.1, 0.15) is 5.56 Å². The van der Waals surface area contributed by atoms with Crippen LogP contribution in [0, 0.1) is 5.82 Å². The molecule has 130 valence electrons. The second-order valence-corrected chi connectivity index (χ2v) is 6.42. The molecule has 0 fully saturated rings. The number of hydrogen-bond donors (Lipinski definition) is 1. The maximum atomic E-state index is 13.4. The minimum atomic E-state index is -0.334. The number of rotatable bonds is 4. The molecule has 2 heterocycles. The van der Waals surface area contributed by atoms with E-state index in [-0.39, 0.29) is 5.82 Å². The van der Waals surface area contributed by atoms with Crippen molar-refractivity contribution in [1.82, 2.24) is 19.5 Å². The van der Waals surface area contributed by atoms with Crippen LogP contribution in [-0.4, -0.2) is 19.5 Å². The molecule has 0 saturated carbocycles. The fourth-order valence-electron chi connectivity index (χ4n) is 2.64. The van der Waals surface area contributed by atoms with Crippen molar-refractivity contribution < 1.29 is 4.39 Å². The van der Waals surface area contributed by atoms with Gasteiger partial charge in [0.15, 0.2) is 17.3 Å². The van der Waals surface area contributed by atoms with Gasteiger partial charge >= 0.3 is 0 Å². The summed E-state index contributed by atoms with van der Waals surface area (Å²) in [6.07, 6.45) is 3.08. The molecule has 0 atom stereocenters. The number of benzene rings is 2. The molecular weight excluding hydrogens is 376 g/mol. The van der Waals surface area contributed by atoms with Gasteiger partial charge in [-0.05, 0) is 30.3 Å². The number of nitrogens with zero attached hydrogens (tertiary/aromatic N) is 4. The maximum Gasteiger partial charge on any atom is 0.165 e. The Morgan fingerprint density at radius 3 is 2.54 bits per heavy atom. The highest BCUT2D eigenvalue weighted by Gasteiger charge is 2.18. The van der Waals surface area contributed by atoms with Crippen molar-refractivity contribution in [3.8, 4) is 11.5 Å². The first kappa shape index (κ1) is 16.8. The van der Waals surface area contributed by atoms with Crippen LogP contribution in [0.4, 0.5) is 15.9 Å². The lowest BCUT2D eigenvalue weighted by Crippen LogP contribution is -2.10. The van der Waals surface area contributed by atoms with Gasteiger partial charge in [0.05, 0.1) is 12.9 Å². The lowest BCUT2D eigenvalue weighted by Gasteiger charge is -2.15. The Labute approximate surface area is 158 Å². The van der Waals surface area contributed by atoms with Gasteiger partial charge in [0, 0.05) is 21.3 Å². The SMILES string of the molecule is Fc1cccc(Nc2ncn(Cc3c(Cl)cccc3Cl)c3ncnc2-3)c1. The van der Waals surface area contributed by atoms with E-state index in [4.69, 9.17) is 23.2 Å². The topological polar surface area (TPSA) is 55.6 Å². The van der Waals surface area contributed by atoms with E-state index in [2.05, 4.69) is 20.3 Å². The molecule has 26 heavy (non-hydrogen) atoms. The van der Waals surface area contributed by atoms with Crippen LogP contribution in [-0.2, 0) is 6.54 Å². The predicted octanol–water partition coefficient (Wildman–Crippen LogP) is 5.02. The summed E-state index contributed by atoms with van der Waals surface area (Å²) in [7, 11) is 0. The van der Waals surface area contributed by atoms with Gasteiger partial charge in [0.2, 0.25) is 0 Å². The molecule has 0 aliphatic carbocycles. The first-order valence-electron chi connectivity index (χ1n) is 7.73. The third kappa shape index (κ3) is 3.21. The molecule has 1 N–H and O–H groups in total. The van der Waals surface area contributed by atoms with Crippen molar-refractivity contribution in [2.45, 2.75) is 6.54 Å². The van der Waals surface area contributed by atoms with E-state index in [0.29, 0.717) is 39.6 Å². The summed E-state index contributed by atoms with van der Waals surface area (Å²) in [5.74, 6) is 0.777. The van der Waals surface area contributed by atoms with Crippen molar-refractivity contribution in [3.63, 3.8) is 0 Å². The van der Waals surface area contributed by atoms with Crippen molar-refractivity contribution >= 4 is 34.7 Å². The Kier molecular flexibility index (Phi) is 4.44. The number of aromatic nitrogens is 4. The second-order valence-electron chi connectivity index (χ2n) is 5.60. The Morgan fingerprint density at radius 1 is 1.00 bits per heavy atom. The maximum absolute atomic E-state index is 13.4. The van der Waals surface area contributed by atoms with E-state index in [1.165, 1.54) is 18.5 Å². The zero-order valence-electron chi connectivity index (χ0n) is 13.3.